The van der Waals surface area contributed by atoms with Crippen LogP contribution in [0.1, 0.15) is 78.0 Å². The lowest BCUT2D eigenvalue weighted by Gasteiger charge is -2.23. The normalized spacial score (nSPS) is 24.0. The van der Waals surface area contributed by atoms with Gasteiger partial charge in [-0.15, -0.1) is 0 Å². The zero-order valence-electron chi connectivity index (χ0n) is 19.0. The first kappa shape index (κ1) is 21.5. The molecule has 0 spiro atoms. The molecule has 32 heavy (non-hydrogen) atoms. The van der Waals surface area contributed by atoms with Crippen molar-refractivity contribution in [2.24, 2.45) is 0 Å². The highest BCUT2D eigenvalue weighted by Gasteiger charge is 2.27. The van der Waals surface area contributed by atoms with Gasteiger partial charge >= 0.3 is 0 Å². The van der Waals surface area contributed by atoms with Gasteiger partial charge in [-0.05, 0) is 92.9 Å². The maximum atomic E-state index is 12.6. The molecule has 5 nitrogen and oxygen atoms in total. The highest BCUT2D eigenvalue weighted by Crippen LogP contribution is 2.36. The molecular formula is C27H35N3O2. The smallest absolute Gasteiger partial charge is 0.251 e. The number of hydrogen-bond acceptors (Lipinski definition) is 4. The van der Waals surface area contributed by atoms with E-state index in [9.17, 15) is 4.79 Å². The van der Waals surface area contributed by atoms with Gasteiger partial charge < -0.3 is 20.7 Å². The number of fused-ring (bicyclic) bond motifs is 1. The zero-order chi connectivity index (χ0) is 21.9. The molecule has 1 saturated heterocycles. The molecule has 1 aliphatic carbocycles. The van der Waals surface area contributed by atoms with Gasteiger partial charge in [0.05, 0.1) is 6.61 Å². The van der Waals surface area contributed by atoms with Crippen LogP contribution in [0.25, 0.3) is 0 Å². The maximum absolute atomic E-state index is 12.6. The van der Waals surface area contributed by atoms with Crippen molar-refractivity contribution in [2.75, 3.05) is 19.7 Å². The fraction of sp³-hybridized carbons (Fsp3) is 0.519. The molecule has 2 heterocycles. The number of rotatable bonds is 6. The summed E-state index contributed by atoms with van der Waals surface area (Å²) in [5.74, 6) is 1.67. The molecule has 1 unspecified atom stereocenters. The lowest BCUT2D eigenvalue weighted by Crippen LogP contribution is -2.42. The van der Waals surface area contributed by atoms with E-state index in [-0.39, 0.29) is 5.91 Å². The summed E-state index contributed by atoms with van der Waals surface area (Å²) < 4.78 is 5.64. The Kier molecular flexibility index (Phi) is 6.47. The summed E-state index contributed by atoms with van der Waals surface area (Å²) in [6.45, 7) is 5.05. The summed E-state index contributed by atoms with van der Waals surface area (Å²) in [6, 6.07) is 16.1. The van der Waals surface area contributed by atoms with Gasteiger partial charge in [-0.3, -0.25) is 4.79 Å². The Hall–Kier alpha value is -2.37. The van der Waals surface area contributed by atoms with Gasteiger partial charge in [-0.2, -0.15) is 0 Å². The largest absolute Gasteiger partial charge is 0.493 e. The quantitative estimate of drug-likeness (QED) is 0.642. The van der Waals surface area contributed by atoms with Crippen LogP contribution in [0, 0.1) is 0 Å². The second-order valence-electron chi connectivity index (χ2n) is 9.68. The van der Waals surface area contributed by atoms with E-state index in [0.717, 1.165) is 56.7 Å². The molecule has 2 aliphatic heterocycles. The van der Waals surface area contributed by atoms with Crippen LogP contribution in [-0.4, -0.2) is 37.7 Å². The SMILES string of the molecule is C[C@@H](NC1CC[C@H](c2ccc(C(=O)NC3CCNCC3)cc2)C1)c1ccc2c(c1)CCO2. The van der Waals surface area contributed by atoms with E-state index in [0.29, 0.717) is 24.0 Å². The molecule has 5 heteroatoms. The second kappa shape index (κ2) is 9.63. The van der Waals surface area contributed by atoms with Gasteiger partial charge in [0.1, 0.15) is 5.75 Å². The van der Waals surface area contributed by atoms with Crippen LogP contribution in [0.15, 0.2) is 42.5 Å². The summed E-state index contributed by atoms with van der Waals surface area (Å²) >= 11 is 0. The second-order valence-corrected chi connectivity index (χ2v) is 9.68. The van der Waals surface area contributed by atoms with E-state index in [1.807, 2.05) is 12.1 Å². The predicted octanol–water partition coefficient (Wildman–Crippen LogP) is 4.09. The molecule has 3 N–H and O–H groups in total. The number of benzene rings is 2. The first-order chi connectivity index (χ1) is 15.7. The van der Waals surface area contributed by atoms with E-state index in [4.69, 9.17) is 4.74 Å². The standard InChI is InChI=1S/C27H35N3O2/c1-18(21-7-9-26-23(16-21)12-15-32-26)29-25-8-6-22(17-25)19-2-4-20(5-3-19)27(31)30-24-10-13-28-14-11-24/h2-5,7,9,16,18,22,24-25,28-29H,6,8,10-15,17H2,1H3,(H,30,31)/t18-,22+,25?/m1/s1. The Labute approximate surface area is 191 Å². The van der Waals surface area contributed by atoms with Crippen LogP contribution in [0.2, 0.25) is 0 Å². The number of piperidine rings is 1. The molecule has 1 saturated carbocycles. The lowest BCUT2D eigenvalue weighted by atomic mass is 9.96. The maximum Gasteiger partial charge on any atom is 0.251 e. The molecule has 0 bridgehead atoms. The Morgan fingerprint density at radius 3 is 2.66 bits per heavy atom. The van der Waals surface area contributed by atoms with Crippen LogP contribution in [0.5, 0.6) is 5.75 Å². The van der Waals surface area contributed by atoms with Crippen LogP contribution < -0.4 is 20.7 Å². The summed E-state index contributed by atoms with van der Waals surface area (Å²) in [4.78, 5) is 12.6. The molecular weight excluding hydrogens is 398 g/mol. The van der Waals surface area contributed by atoms with Crippen LogP contribution in [0.4, 0.5) is 0 Å². The number of nitrogens with one attached hydrogen (secondary N) is 3. The van der Waals surface area contributed by atoms with Crippen molar-refractivity contribution in [2.45, 2.75) is 69.5 Å². The van der Waals surface area contributed by atoms with Crippen molar-refractivity contribution < 1.29 is 9.53 Å². The van der Waals surface area contributed by atoms with Crippen molar-refractivity contribution >= 4 is 5.91 Å². The zero-order valence-corrected chi connectivity index (χ0v) is 19.0. The van der Waals surface area contributed by atoms with Crippen molar-refractivity contribution in [1.82, 2.24) is 16.0 Å². The summed E-state index contributed by atoms with van der Waals surface area (Å²) in [5.41, 5.74) is 4.82. The van der Waals surface area contributed by atoms with Gasteiger partial charge in [-0.1, -0.05) is 24.3 Å². The first-order valence-electron chi connectivity index (χ1n) is 12.3. The van der Waals surface area contributed by atoms with Gasteiger partial charge in [-0.25, -0.2) is 0 Å². The predicted molar refractivity (Wildman–Crippen MR) is 127 cm³/mol. The van der Waals surface area contributed by atoms with E-state index in [1.54, 1.807) is 0 Å². The minimum atomic E-state index is 0.0583. The number of hydrogen-bond donors (Lipinski definition) is 3. The number of carbonyl (C=O) groups excluding carboxylic acids is 1. The van der Waals surface area contributed by atoms with Crippen LogP contribution in [-0.2, 0) is 6.42 Å². The summed E-state index contributed by atoms with van der Waals surface area (Å²) in [7, 11) is 0. The van der Waals surface area contributed by atoms with Gasteiger partial charge in [0.2, 0.25) is 0 Å². The molecule has 2 fully saturated rings. The Balaban J connectivity index is 1.14. The molecule has 5 rings (SSSR count). The van der Waals surface area contributed by atoms with E-state index < -0.39 is 0 Å². The summed E-state index contributed by atoms with van der Waals surface area (Å²) in [5, 5.41) is 10.4. The fourth-order valence-corrected chi connectivity index (χ4v) is 5.50. The minimum absolute atomic E-state index is 0.0583. The number of amides is 1. The first-order valence-corrected chi connectivity index (χ1v) is 12.3. The van der Waals surface area contributed by atoms with E-state index in [2.05, 4.69) is 53.2 Å². The molecule has 0 radical (unpaired) electrons. The third kappa shape index (κ3) is 4.84. The van der Waals surface area contributed by atoms with E-state index >= 15 is 0 Å². The van der Waals surface area contributed by atoms with Gasteiger partial charge in [0.15, 0.2) is 0 Å². The Morgan fingerprint density at radius 2 is 1.84 bits per heavy atom. The van der Waals surface area contributed by atoms with Crippen molar-refractivity contribution in [1.29, 1.82) is 0 Å². The average molecular weight is 434 g/mol. The highest BCUT2D eigenvalue weighted by molar-refractivity contribution is 5.94. The molecule has 3 atom stereocenters. The van der Waals surface area contributed by atoms with Crippen molar-refractivity contribution in [3.8, 4) is 5.75 Å². The number of carbonyl (C=O) groups is 1. The number of ether oxygens (including phenoxy) is 1. The molecule has 2 aromatic rings. The van der Waals surface area contributed by atoms with Gasteiger partial charge in [0.25, 0.3) is 5.91 Å². The third-order valence-corrected chi connectivity index (χ3v) is 7.45. The van der Waals surface area contributed by atoms with Crippen LogP contribution in [0.3, 0.4) is 0 Å². The van der Waals surface area contributed by atoms with E-state index in [1.165, 1.54) is 29.5 Å². The molecule has 2 aromatic carbocycles. The molecule has 0 aromatic heterocycles. The molecule has 1 amide bonds. The fourth-order valence-electron chi connectivity index (χ4n) is 5.50. The minimum Gasteiger partial charge on any atom is -0.493 e. The average Bonchev–Trinajstić information content (AvgIpc) is 3.49. The highest BCUT2D eigenvalue weighted by atomic mass is 16.5. The third-order valence-electron chi connectivity index (χ3n) is 7.45. The Bertz CT molecular complexity index is 936. The molecule has 3 aliphatic rings. The van der Waals surface area contributed by atoms with Crippen molar-refractivity contribution in [3.63, 3.8) is 0 Å². The summed E-state index contributed by atoms with van der Waals surface area (Å²) in [6.07, 6.45) is 6.59. The van der Waals surface area contributed by atoms with Crippen molar-refractivity contribution in [3.05, 3.63) is 64.7 Å². The molecule has 170 valence electrons. The van der Waals surface area contributed by atoms with Crippen LogP contribution >= 0.6 is 0 Å². The Morgan fingerprint density at radius 1 is 1.03 bits per heavy atom. The topological polar surface area (TPSA) is 62.4 Å². The lowest BCUT2D eigenvalue weighted by molar-refractivity contribution is 0.0929. The monoisotopic (exact) mass is 433 g/mol. The van der Waals surface area contributed by atoms with Gasteiger partial charge in [0, 0.05) is 30.1 Å².